The van der Waals surface area contributed by atoms with Gasteiger partial charge in [0.05, 0.1) is 11.8 Å². The molecule has 0 saturated carbocycles. The first-order valence-electron chi connectivity index (χ1n) is 8.72. The van der Waals surface area contributed by atoms with Crippen molar-refractivity contribution in [3.8, 4) is 5.75 Å². The van der Waals surface area contributed by atoms with E-state index >= 15 is 0 Å². The van der Waals surface area contributed by atoms with E-state index in [0.29, 0.717) is 11.8 Å². The summed E-state index contributed by atoms with van der Waals surface area (Å²) in [5.74, 6) is 2.07. The molecule has 3 aromatic rings. The van der Waals surface area contributed by atoms with Crippen LogP contribution in [0.1, 0.15) is 25.1 Å². The molecule has 26 heavy (non-hydrogen) atoms. The Kier molecular flexibility index (Phi) is 5.37. The van der Waals surface area contributed by atoms with E-state index in [0.717, 1.165) is 22.8 Å². The Balaban J connectivity index is 1.83. The van der Waals surface area contributed by atoms with Crippen molar-refractivity contribution in [2.45, 2.75) is 33.8 Å². The lowest BCUT2D eigenvalue weighted by molar-refractivity contribution is 0.244. The third-order valence-electron chi connectivity index (χ3n) is 3.67. The largest absolute Gasteiger partial charge is 0.489 e. The number of rotatable bonds is 6. The van der Waals surface area contributed by atoms with Crippen LogP contribution in [0.3, 0.4) is 0 Å². The van der Waals surface area contributed by atoms with Crippen molar-refractivity contribution in [2.24, 2.45) is 0 Å². The number of para-hydroxylation sites is 2. The van der Waals surface area contributed by atoms with Crippen molar-refractivity contribution < 1.29 is 4.74 Å². The molecule has 134 valence electrons. The zero-order chi connectivity index (χ0) is 18.5. The molecule has 0 unspecified atom stereocenters. The highest BCUT2D eigenvalue weighted by Crippen LogP contribution is 2.28. The highest BCUT2D eigenvalue weighted by molar-refractivity contribution is 5.65. The van der Waals surface area contributed by atoms with Gasteiger partial charge in [-0.15, -0.1) is 0 Å². The summed E-state index contributed by atoms with van der Waals surface area (Å²) in [4.78, 5) is 9.05. The second kappa shape index (κ2) is 7.87. The summed E-state index contributed by atoms with van der Waals surface area (Å²) < 4.78 is 5.86. The van der Waals surface area contributed by atoms with E-state index in [1.54, 1.807) is 0 Å². The Morgan fingerprint density at radius 1 is 0.885 bits per heavy atom. The fourth-order valence-electron chi connectivity index (χ4n) is 2.52. The number of aromatic nitrogens is 2. The molecule has 0 saturated heterocycles. The first kappa shape index (κ1) is 17.7. The molecule has 0 bridgehead atoms. The lowest BCUT2D eigenvalue weighted by Crippen LogP contribution is -2.08. The zero-order valence-corrected chi connectivity index (χ0v) is 15.6. The predicted octanol–water partition coefficient (Wildman–Crippen LogP) is 5.37. The van der Waals surface area contributed by atoms with Crippen LogP contribution in [0, 0.1) is 13.8 Å². The van der Waals surface area contributed by atoms with Crippen molar-refractivity contribution in [1.82, 2.24) is 9.97 Å². The van der Waals surface area contributed by atoms with Crippen LogP contribution < -0.4 is 15.4 Å². The van der Waals surface area contributed by atoms with Gasteiger partial charge in [-0.1, -0.05) is 29.8 Å². The molecule has 2 aromatic carbocycles. The van der Waals surface area contributed by atoms with Crippen LogP contribution >= 0.6 is 0 Å². The van der Waals surface area contributed by atoms with Crippen molar-refractivity contribution >= 4 is 23.1 Å². The van der Waals surface area contributed by atoms with Crippen LogP contribution in [-0.2, 0) is 0 Å². The van der Waals surface area contributed by atoms with E-state index in [9.17, 15) is 0 Å². The summed E-state index contributed by atoms with van der Waals surface area (Å²) in [7, 11) is 0. The molecule has 0 radical (unpaired) electrons. The van der Waals surface area contributed by atoms with Gasteiger partial charge in [-0.3, -0.25) is 0 Å². The highest BCUT2D eigenvalue weighted by Gasteiger charge is 2.08. The second-order valence-corrected chi connectivity index (χ2v) is 6.50. The lowest BCUT2D eigenvalue weighted by Gasteiger charge is -2.15. The van der Waals surface area contributed by atoms with Crippen LogP contribution in [0.5, 0.6) is 5.75 Å². The Morgan fingerprint density at radius 3 is 2.35 bits per heavy atom. The quantitative estimate of drug-likeness (QED) is 0.627. The van der Waals surface area contributed by atoms with E-state index in [4.69, 9.17) is 4.74 Å². The Hall–Kier alpha value is -3.08. The summed E-state index contributed by atoms with van der Waals surface area (Å²) in [5.41, 5.74) is 3.92. The molecule has 0 fully saturated rings. The minimum atomic E-state index is 0.101. The molecule has 3 rings (SSSR count). The SMILES string of the molecule is Cc1ccc(Nc2nc(C)cc(Nc3ccccc3OC(C)C)n2)cc1. The van der Waals surface area contributed by atoms with Gasteiger partial charge in [0.2, 0.25) is 5.95 Å². The average Bonchev–Trinajstić information content (AvgIpc) is 2.58. The van der Waals surface area contributed by atoms with E-state index in [1.807, 2.05) is 63.2 Å². The maximum atomic E-state index is 5.86. The maximum absolute atomic E-state index is 5.86. The summed E-state index contributed by atoms with van der Waals surface area (Å²) in [6.07, 6.45) is 0.101. The van der Waals surface area contributed by atoms with Gasteiger partial charge in [-0.2, -0.15) is 4.98 Å². The molecular formula is C21H24N4O. The minimum Gasteiger partial charge on any atom is -0.489 e. The maximum Gasteiger partial charge on any atom is 0.229 e. The van der Waals surface area contributed by atoms with Gasteiger partial charge in [-0.05, 0) is 52.0 Å². The van der Waals surface area contributed by atoms with Crippen LogP contribution in [0.25, 0.3) is 0 Å². The number of hydrogen-bond donors (Lipinski definition) is 2. The van der Waals surface area contributed by atoms with Crippen molar-refractivity contribution in [3.63, 3.8) is 0 Å². The molecule has 2 N–H and O–H groups in total. The molecular weight excluding hydrogens is 324 g/mol. The zero-order valence-electron chi connectivity index (χ0n) is 15.6. The van der Waals surface area contributed by atoms with Gasteiger partial charge in [0.25, 0.3) is 0 Å². The van der Waals surface area contributed by atoms with Gasteiger partial charge < -0.3 is 15.4 Å². The summed E-state index contributed by atoms with van der Waals surface area (Å²) in [6, 6.07) is 17.9. The van der Waals surface area contributed by atoms with Crippen LogP contribution in [0.4, 0.5) is 23.1 Å². The van der Waals surface area contributed by atoms with E-state index < -0.39 is 0 Å². The van der Waals surface area contributed by atoms with Crippen LogP contribution in [-0.4, -0.2) is 16.1 Å². The molecule has 0 spiro atoms. The van der Waals surface area contributed by atoms with Gasteiger partial charge >= 0.3 is 0 Å². The van der Waals surface area contributed by atoms with Crippen molar-refractivity contribution in [3.05, 3.63) is 65.9 Å². The molecule has 5 heteroatoms. The third kappa shape index (κ3) is 4.72. The molecule has 0 atom stereocenters. The monoisotopic (exact) mass is 348 g/mol. The normalized spacial score (nSPS) is 10.7. The van der Waals surface area contributed by atoms with Gasteiger partial charge in [0.15, 0.2) is 0 Å². The molecule has 0 aliphatic carbocycles. The smallest absolute Gasteiger partial charge is 0.229 e. The molecule has 0 aliphatic heterocycles. The second-order valence-electron chi connectivity index (χ2n) is 6.50. The number of anilines is 4. The Bertz CT molecular complexity index is 875. The predicted molar refractivity (Wildman–Crippen MR) is 107 cm³/mol. The number of ether oxygens (including phenoxy) is 1. The van der Waals surface area contributed by atoms with E-state index in [1.165, 1.54) is 5.56 Å². The summed E-state index contributed by atoms with van der Waals surface area (Å²) in [6.45, 7) is 8.03. The lowest BCUT2D eigenvalue weighted by atomic mass is 10.2. The van der Waals surface area contributed by atoms with Crippen LogP contribution in [0.2, 0.25) is 0 Å². The highest BCUT2D eigenvalue weighted by atomic mass is 16.5. The number of nitrogens with zero attached hydrogens (tertiary/aromatic N) is 2. The van der Waals surface area contributed by atoms with Gasteiger partial charge in [-0.25, -0.2) is 4.98 Å². The summed E-state index contributed by atoms with van der Waals surface area (Å²) >= 11 is 0. The summed E-state index contributed by atoms with van der Waals surface area (Å²) in [5, 5.41) is 6.59. The number of hydrogen-bond acceptors (Lipinski definition) is 5. The molecule has 0 amide bonds. The molecule has 5 nitrogen and oxygen atoms in total. The molecule has 1 aromatic heterocycles. The average molecular weight is 348 g/mol. The van der Waals surface area contributed by atoms with Gasteiger partial charge in [0, 0.05) is 17.4 Å². The fourth-order valence-corrected chi connectivity index (χ4v) is 2.52. The first-order valence-corrected chi connectivity index (χ1v) is 8.72. The van der Waals surface area contributed by atoms with Crippen molar-refractivity contribution in [2.75, 3.05) is 10.6 Å². The Labute approximate surface area is 154 Å². The molecule has 1 heterocycles. The topological polar surface area (TPSA) is 59.1 Å². The minimum absolute atomic E-state index is 0.101. The molecule has 0 aliphatic rings. The first-order chi connectivity index (χ1) is 12.5. The fraction of sp³-hybridized carbons (Fsp3) is 0.238. The van der Waals surface area contributed by atoms with Gasteiger partial charge in [0.1, 0.15) is 11.6 Å². The number of nitrogens with one attached hydrogen (secondary N) is 2. The van der Waals surface area contributed by atoms with Crippen molar-refractivity contribution in [1.29, 1.82) is 0 Å². The van der Waals surface area contributed by atoms with E-state index in [-0.39, 0.29) is 6.10 Å². The van der Waals surface area contributed by atoms with E-state index in [2.05, 4.69) is 39.7 Å². The number of benzene rings is 2. The van der Waals surface area contributed by atoms with Crippen LogP contribution in [0.15, 0.2) is 54.6 Å². The Morgan fingerprint density at radius 2 is 1.62 bits per heavy atom. The number of aryl methyl sites for hydroxylation is 2. The third-order valence-corrected chi connectivity index (χ3v) is 3.67. The standard InChI is InChI=1S/C21H24N4O/c1-14(2)26-19-8-6-5-7-18(19)24-20-13-16(4)22-21(25-20)23-17-11-9-15(3)10-12-17/h5-14H,1-4H3,(H2,22,23,24,25).